The van der Waals surface area contributed by atoms with Gasteiger partial charge in [0.05, 0.1) is 22.2 Å². The molecule has 0 saturated heterocycles. The van der Waals surface area contributed by atoms with Crippen LogP contribution in [0.2, 0.25) is 10.0 Å². The second-order valence-corrected chi connectivity index (χ2v) is 6.54. The van der Waals surface area contributed by atoms with Gasteiger partial charge in [0.15, 0.2) is 0 Å². The summed E-state index contributed by atoms with van der Waals surface area (Å²) in [5, 5.41) is 13.6. The first kappa shape index (κ1) is 16.6. The average Bonchev–Trinajstić information content (AvgIpc) is 2.45. The highest BCUT2D eigenvalue weighted by Gasteiger charge is 2.26. The molecule has 0 aliphatic carbocycles. The largest absolute Gasteiger partial charge is 0.394 e. The SMILES string of the molecule is CC(CO)(Nc1ccc(Cl)c(Br)c1)c1ccc(F)c(Cl)c1. The van der Waals surface area contributed by atoms with Gasteiger partial charge in [-0.15, -0.1) is 0 Å². The van der Waals surface area contributed by atoms with Crippen molar-refractivity contribution in [2.45, 2.75) is 12.5 Å². The van der Waals surface area contributed by atoms with E-state index < -0.39 is 11.4 Å². The van der Waals surface area contributed by atoms with Crippen molar-refractivity contribution in [1.29, 1.82) is 0 Å². The molecule has 6 heteroatoms. The monoisotopic (exact) mass is 391 g/mol. The Morgan fingerprint density at radius 3 is 2.48 bits per heavy atom. The minimum atomic E-state index is -0.801. The molecule has 112 valence electrons. The Bertz CT molecular complexity index is 668. The van der Waals surface area contributed by atoms with Gasteiger partial charge in [-0.25, -0.2) is 4.39 Å². The molecule has 0 saturated carbocycles. The fourth-order valence-electron chi connectivity index (χ4n) is 1.93. The minimum absolute atomic E-state index is 0.0197. The first-order valence-electron chi connectivity index (χ1n) is 6.15. The van der Waals surface area contributed by atoms with Crippen molar-refractivity contribution in [3.05, 3.63) is 62.3 Å². The maximum absolute atomic E-state index is 13.3. The Morgan fingerprint density at radius 2 is 1.90 bits per heavy atom. The number of nitrogens with one attached hydrogen (secondary N) is 1. The van der Waals surface area contributed by atoms with Crippen molar-refractivity contribution in [3.63, 3.8) is 0 Å². The molecular weight excluding hydrogens is 380 g/mol. The predicted molar refractivity (Wildman–Crippen MR) is 88.6 cm³/mol. The molecule has 2 rings (SSSR count). The maximum Gasteiger partial charge on any atom is 0.141 e. The van der Waals surface area contributed by atoms with E-state index in [0.29, 0.717) is 10.6 Å². The first-order chi connectivity index (χ1) is 9.85. The fraction of sp³-hybridized carbons (Fsp3) is 0.200. The summed E-state index contributed by atoms with van der Waals surface area (Å²) in [6.07, 6.45) is 0. The molecule has 0 spiro atoms. The quantitative estimate of drug-likeness (QED) is 0.747. The summed E-state index contributed by atoms with van der Waals surface area (Å²) in [5.41, 5.74) is 0.649. The van der Waals surface area contributed by atoms with Crippen molar-refractivity contribution in [1.82, 2.24) is 0 Å². The van der Waals surface area contributed by atoms with E-state index in [1.54, 1.807) is 31.2 Å². The van der Waals surface area contributed by atoms with Gasteiger partial charge in [0, 0.05) is 10.2 Å². The summed E-state index contributed by atoms with van der Waals surface area (Å²) in [6, 6.07) is 9.72. The highest BCUT2D eigenvalue weighted by molar-refractivity contribution is 9.10. The van der Waals surface area contributed by atoms with Gasteiger partial charge in [0.2, 0.25) is 0 Å². The van der Waals surface area contributed by atoms with Gasteiger partial charge in [-0.05, 0) is 58.7 Å². The number of aliphatic hydroxyl groups excluding tert-OH is 1. The van der Waals surface area contributed by atoms with E-state index in [4.69, 9.17) is 23.2 Å². The summed E-state index contributed by atoms with van der Waals surface area (Å²) in [4.78, 5) is 0. The van der Waals surface area contributed by atoms with E-state index in [-0.39, 0.29) is 11.6 Å². The molecule has 2 aromatic rings. The molecule has 2 N–H and O–H groups in total. The van der Waals surface area contributed by atoms with Gasteiger partial charge in [-0.1, -0.05) is 29.3 Å². The van der Waals surface area contributed by atoms with Crippen LogP contribution in [0.4, 0.5) is 10.1 Å². The Balaban J connectivity index is 2.36. The third kappa shape index (κ3) is 3.69. The van der Waals surface area contributed by atoms with Crippen LogP contribution in [0.15, 0.2) is 40.9 Å². The molecule has 1 unspecified atom stereocenters. The Morgan fingerprint density at radius 1 is 1.19 bits per heavy atom. The fourth-order valence-corrected chi connectivity index (χ4v) is 2.61. The van der Waals surface area contributed by atoms with Gasteiger partial charge in [0.25, 0.3) is 0 Å². The van der Waals surface area contributed by atoms with E-state index >= 15 is 0 Å². The van der Waals surface area contributed by atoms with Crippen LogP contribution in [0.3, 0.4) is 0 Å². The summed E-state index contributed by atoms with van der Waals surface area (Å²) in [6.45, 7) is 1.62. The first-order valence-corrected chi connectivity index (χ1v) is 7.70. The molecule has 0 aromatic heterocycles. The molecule has 0 aliphatic rings. The summed E-state index contributed by atoms with van der Waals surface area (Å²) >= 11 is 15.1. The number of halogens is 4. The van der Waals surface area contributed by atoms with E-state index in [2.05, 4.69) is 21.2 Å². The van der Waals surface area contributed by atoms with Crippen LogP contribution in [-0.2, 0) is 5.54 Å². The molecule has 21 heavy (non-hydrogen) atoms. The lowest BCUT2D eigenvalue weighted by molar-refractivity contribution is 0.224. The third-order valence-corrected chi connectivity index (χ3v) is 4.72. The zero-order chi connectivity index (χ0) is 15.6. The average molecular weight is 393 g/mol. The smallest absolute Gasteiger partial charge is 0.141 e. The highest BCUT2D eigenvalue weighted by atomic mass is 79.9. The summed E-state index contributed by atoms with van der Waals surface area (Å²) < 4.78 is 14.0. The summed E-state index contributed by atoms with van der Waals surface area (Å²) in [5.74, 6) is -0.491. The normalized spacial score (nSPS) is 13.8. The molecule has 2 nitrogen and oxygen atoms in total. The van der Waals surface area contributed by atoms with Gasteiger partial charge in [0.1, 0.15) is 5.82 Å². The minimum Gasteiger partial charge on any atom is -0.394 e. The molecule has 0 heterocycles. The second-order valence-electron chi connectivity index (χ2n) is 4.87. The van der Waals surface area contributed by atoms with E-state index in [1.165, 1.54) is 12.1 Å². The Kier molecular flexibility index (Phi) is 5.15. The van der Waals surface area contributed by atoms with Gasteiger partial charge >= 0.3 is 0 Å². The molecule has 0 bridgehead atoms. The zero-order valence-corrected chi connectivity index (χ0v) is 14.2. The lowest BCUT2D eigenvalue weighted by Crippen LogP contribution is -2.35. The predicted octanol–water partition coefficient (Wildman–Crippen LogP) is 5.21. The number of benzene rings is 2. The van der Waals surface area contributed by atoms with E-state index in [9.17, 15) is 9.50 Å². The van der Waals surface area contributed by atoms with Crippen LogP contribution in [0.25, 0.3) is 0 Å². The topological polar surface area (TPSA) is 32.3 Å². The van der Waals surface area contributed by atoms with Crippen LogP contribution in [0, 0.1) is 5.82 Å². The number of hydrogen-bond acceptors (Lipinski definition) is 2. The molecule has 0 radical (unpaired) electrons. The maximum atomic E-state index is 13.3. The van der Waals surface area contributed by atoms with Crippen molar-refractivity contribution in [2.75, 3.05) is 11.9 Å². The van der Waals surface area contributed by atoms with Crippen LogP contribution >= 0.6 is 39.1 Å². The number of rotatable bonds is 4. The van der Waals surface area contributed by atoms with Crippen LogP contribution in [-0.4, -0.2) is 11.7 Å². The molecule has 0 aliphatic heterocycles. The standard InChI is InChI=1S/C15H13BrCl2FNO/c1-15(8-21,9-2-5-14(19)13(18)6-9)20-10-3-4-12(17)11(16)7-10/h2-7,20-21H,8H2,1H3. The third-order valence-electron chi connectivity index (χ3n) is 3.21. The van der Waals surface area contributed by atoms with Crippen molar-refractivity contribution >= 4 is 44.8 Å². The molecule has 1 atom stereocenters. The van der Waals surface area contributed by atoms with E-state index in [1.807, 2.05) is 0 Å². The van der Waals surface area contributed by atoms with Gasteiger partial charge in [-0.3, -0.25) is 0 Å². The number of hydrogen-bond donors (Lipinski definition) is 2. The Labute approximate surface area is 141 Å². The lowest BCUT2D eigenvalue weighted by atomic mass is 9.92. The van der Waals surface area contributed by atoms with Gasteiger partial charge < -0.3 is 10.4 Å². The zero-order valence-electron chi connectivity index (χ0n) is 11.1. The van der Waals surface area contributed by atoms with Crippen LogP contribution in [0.5, 0.6) is 0 Å². The molecule has 0 fully saturated rings. The molecule has 0 amide bonds. The molecule has 2 aromatic carbocycles. The number of aliphatic hydroxyl groups is 1. The Hall–Kier alpha value is -0.810. The lowest BCUT2D eigenvalue weighted by Gasteiger charge is -2.31. The van der Waals surface area contributed by atoms with E-state index in [0.717, 1.165) is 10.2 Å². The van der Waals surface area contributed by atoms with Crippen molar-refractivity contribution in [3.8, 4) is 0 Å². The second kappa shape index (κ2) is 6.53. The van der Waals surface area contributed by atoms with Crippen molar-refractivity contribution < 1.29 is 9.50 Å². The molecular formula is C15H13BrCl2FNO. The summed E-state index contributed by atoms with van der Waals surface area (Å²) in [7, 11) is 0. The number of anilines is 1. The van der Waals surface area contributed by atoms with Crippen LogP contribution < -0.4 is 5.32 Å². The van der Waals surface area contributed by atoms with Crippen LogP contribution in [0.1, 0.15) is 12.5 Å². The van der Waals surface area contributed by atoms with Gasteiger partial charge in [-0.2, -0.15) is 0 Å². The van der Waals surface area contributed by atoms with Crippen molar-refractivity contribution in [2.24, 2.45) is 0 Å². The highest BCUT2D eigenvalue weighted by Crippen LogP contribution is 2.31.